The molecule has 0 saturated heterocycles. The molecule has 0 aliphatic heterocycles. The van der Waals surface area contributed by atoms with Crippen LogP contribution in [0, 0.1) is 0 Å². The van der Waals surface area contributed by atoms with Crippen LogP contribution in [-0.2, 0) is 0 Å². The molecule has 0 saturated carbocycles. The van der Waals surface area contributed by atoms with E-state index in [1.54, 1.807) is 18.5 Å². The van der Waals surface area contributed by atoms with Gasteiger partial charge < -0.3 is 9.32 Å². The number of carbonyl (C=O) groups excluding carboxylic acids is 1. The molecule has 0 unspecified atom stereocenters. The van der Waals surface area contributed by atoms with Gasteiger partial charge in [0.15, 0.2) is 0 Å². The Morgan fingerprint density at radius 1 is 0.853 bits per heavy atom. The molecule has 5 aromatic rings. The Bertz CT molecular complexity index is 1470. The molecule has 0 aliphatic carbocycles. The molecule has 0 amide bonds. The summed E-state index contributed by atoms with van der Waals surface area (Å²) in [5.74, 6) is -0.0565. The summed E-state index contributed by atoms with van der Waals surface area (Å²) >= 11 is 0. The van der Waals surface area contributed by atoms with E-state index in [0.717, 1.165) is 22.4 Å². The van der Waals surface area contributed by atoms with Crippen LogP contribution in [0.1, 0.15) is 16.1 Å². The Kier molecular flexibility index (Phi) is 5.75. The standard InChI is InChI=1S/C29H23N3O2/c1-32(2)19-30-26-25-23(20-12-6-3-7-13-20)18-24(21-14-8-4-9-15-21)31-29(25)34-28(26)27(33)22-16-10-5-11-17-22/h3-19H,1-2H3. The molecule has 0 radical (unpaired) electrons. The second-order valence-electron chi connectivity index (χ2n) is 8.15. The number of aromatic nitrogens is 1. The molecule has 5 rings (SSSR count). The summed E-state index contributed by atoms with van der Waals surface area (Å²) in [5, 5.41) is 0.711. The highest BCUT2D eigenvalue weighted by Gasteiger charge is 2.26. The van der Waals surface area contributed by atoms with Crippen molar-refractivity contribution in [2.45, 2.75) is 0 Å². The molecule has 5 nitrogen and oxygen atoms in total. The zero-order chi connectivity index (χ0) is 23.5. The fraction of sp³-hybridized carbons (Fsp3) is 0.0690. The lowest BCUT2D eigenvalue weighted by Crippen LogP contribution is -2.07. The van der Waals surface area contributed by atoms with Crippen molar-refractivity contribution < 1.29 is 9.21 Å². The van der Waals surface area contributed by atoms with Gasteiger partial charge in [0.05, 0.1) is 17.4 Å². The van der Waals surface area contributed by atoms with E-state index in [-0.39, 0.29) is 11.5 Å². The predicted octanol–water partition coefficient (Wildman–Crippen LogP) is 6.61. The van der Waals surface area contributed by atoms with Crippen LogP contribution in [0.5, 0.6) is 0 Å². The zero-order valence-electron chi connectivity index (χ0n) is 19.0. The Hall–Kier alpha value is -4.51. The lowest BCUT2D eigenvalue weighted by molar-refractivity contribution is 0.101. The Morgan fingerprint density at radius 3 is 2.06 bits per heavy atom. The van der Waals surface area contributed by atoms with Gasteiger partial charge in [0.2, 0.25) is 17.3 Å². The normalized spacial score (nSPS) is 11.2. The van der Waals surface area contributed by atoms with E-state index in [0.29, 0.717) is 22.4 Å². The van der Waals surface area contributed by atoms with Crippen molar-refractivity contribution in [3.63, 3.8) is 0 Å². The molecule has 5 heteroatoms. The highest BCUT2D eigenvalue weighted by Crippen LogP contribution is 2.42. The molecule has 0 atom stereocenters. The fourth-order valence-corrected chi connectivity index (χ4v) is 3.86. The maximum Gasteiger partial charge on any atom is 0.230 e. The Morgan fingerprint density at radius 2 is 1.44 bits per heavy atom. The molecular weight excluding hydrogens is 422 g/mol. The molecule has 0 spiro atoms. The second kappa shape index (κ2) is 9.16. The van der Waals surface area contributed by atoms with Gasteiger partial charge in [-0.3, -0.25) is 4.79 Å². The summed E-state index contributed by atoms with van der Waals surface area (Å²) in [6.07, 6.45) is 1.67. The largest absolute Gasteiger partial charge is 0.432 e. The van der Waals surface area contributed by atoms with Gasteiger partial charge in [-0.05, 0) is 17.2 Å². The average Bonchev–Trinajstić information content (AvgIpc) is 3.26. The molecule has 0 aliphatic rings. The van der Waals surface area contributed by atoms with Gasteiger partial charge in [-0.1, -0.05) is 91.0 Å². The maximum absolute atomic E-state index is 13.5. The number of furan rings is 1. The first-order valence-electron chi connectivity index (χ1n) is 11.0. The van der Waals surface area contributed by atoms with Crippen LogP contribution >= 0.6 is 0 Å². The minimum Gasteiger partial charge on any atom is -0.432 e. The lowest BCUT2D eigenvalue weighted by Gasteiger charge is -2.08. The van der Waals surface area contributed by atoms with E-state index >= 15 is 0 Å². The van der Waals surface area contributed by atoms with E-state index < -0.39 is 0 Å². The van der Waals surface area contributed by atoms with E-state index in [1.807, 2.05) is 104 Å². The Labute approximate surface area is 198 Å². The SMILES string of the molecule is CN(C)C=Nc1c(C(=O)c2ccccc2)oc2nc(-c3ccccc3)cc(-c3ccccc3)c12. The number of pyridine rings is 1. The summed E-state index contributed by atoms with van der Waals surface area (Å²) in [6.45, 7) is 0. The first-order chi connectivity index (χ1) is 16.6. The van der Waals surface area contributed by atoms with Crippen molar-refractivity contribution in [3.8, 4) is 22.4 Å². The van der Waals surface area contributed by atoms with Crippen LogP contribution in [0.15, 0.2) is 106 Å². The number of rotatable bonds is 6. The van der Waals surface area contributed by atoms with Crippen LogP contribution in [0.3, 0.4) is 0 Å². The van der Waals surface area contributed by atoms with Crippen molar-refractivity contribution in [1.82, 2.24) is 9.88 Å². The van der Waals surface area contributed by atoms with Crippen molar-refractivity contribution in [2.24, 2.45) is 4.99 Å². The van der Waals surface area contributed by atoms with E-state index in [9.17, 15) is 4.79 Å². The van der Waals surface area contributed by atoms with Gasteiger partial charge in [-0.25, -0.2) is 9.98 Å². The van der Waals surface area contributed by atoms with E-state index in [2.05, 4.69) is 4.99 Å². The molecule has 0 fully saturated rings. The van der Waals surface area contributed by atoms with Crippen LogP contribution in [0.4, 0.5) is 5.69 Å². The predicted molar refractivity (Wildman–Crippen MR) is 137 cm³/mol. The van der Waals surface area contributed by atoms with Crippen LogP contribution < -0.4 is 0 Å². The average molecular weight is 446 g/mol. The third-order valence-corrected chi connectivity index (χ3v) is 5.45. The summed E-state index contributed by atoms with van der Waals surface area (Å²) in [7, 11) is 3.77. The number of nitrogens with zero attached hydrogens (tertiary/aromatic N) is 3. The summed E-state index contributed by atoms with van der Waals surface area (Å²) in [5.41, 5.74) is 5.02. The maximum atomic E-state index is 13.5. The number of fused-ring (bicyclic) bond motifs is 1. The number of benzene rings is 3. The second-order valence-corrected chi connectivity index (χ2v) is 8.15. The minimum atomic E-state index is -0.232. The molecule has 2 heterocycles. The highest BCUT2D eigenvalue weighted by atomic mass is 16.4. The molecular formula is C29H23N3O2. The van der Waals surface area contributed by atoms with Crippen molar-refractivity contribution in [1.29, 1.82) is 0 Å². The first-order valence-corrected chi connectivity index (χ1v) is 11.0. The van der Waals surface area contributed by atoms with Crippen LogP contribution in [0.2, 0.25) is 0 Å². The number of aliphatic imine (C=N–C) groups is 1. The van der Waals surface area contributed by atoms with Gasteiger partial charge in [0.1, 0.15) is 5.69 Å². The quantitative estimate of drug-likeness (QED) is 0.168. The van der Waals surface area contributed by atoms with Crippen LogP contribution in [-0.4, -0.2) is 36.1 Å². The van der Waals surface area contributed by atoms with Gasteiger partial charge in [-0.2, -0.15) is 0 Å². The van der Waals surface area contributed by atoms with Crippen LogP contribution in [0.25, 0.3) is 33.5 Å². The molecule has 166 valence electrons. The van der Waals surface area contributed by atoms with Crippen molar-refractivity contribution in [2.75, 3.05) is 14.1 Å². The summed E-state index contributed by atoms with van der Waals surface area (Å²) in [4.78, 5) is 24.8. The molecule has 0 N–H and O–H groups in total. The monoisotopic (exact) mass is 445 g/mol. The summed E-state index contributed by atoms with van der Waals surface area (Å²) in [6, 6.07) is 31.1. The molecule has 0 bridgehead atoms. The van der Waals surface area contributed by atoms with Crippen molar-refractivity contribution in [3.05, 3.63) is 108 Å². The van der Waals surface area contributed by atoms with Crippen molar-refractivity contribution >= 4 is 28.9 Å². The number of hydrogen-bond donors (Lipinski definition) is 0. The minimum absolute atomic E-state index is 0.175. The third-order valence-electron chi connectivity index (χ3n) is 5.45. The fourth-order valence-electron chi connectivity index (χ4n) is 3.86. The highest BCUT2D eigenvalue weighted by molar-refractivity contribution is 6.16. The molecule has 34 heavy (non-hydrogen) atoms. The topological polar surface area (TPSA) is 58.7 Å². The lowest BCUT2D eigenvalue weighted by atomic mass is 9.99. The van der Waals surface area contributed by atoms with Gasteiger partial charge in [0.25, 0.3) is 0 Å². The van der Waals surface area contributed by atoms with Gasteiger partial charge in [0, 0.05) is 25.2 Å². The summed E-state index contributed by atoms with van der Waals surface area (Å²) < 4.78 is 6.18. The third kappa shape index (κ3) is 4.11. The number of ketones is 1. The van der Waals surface area contributed by atoms with E-state index in [1.165, 1.54) is 0 Å². The number of carbonyl (C=O) groups is 1. The Balaban J connectivity index is 1.83. The van der Waals surface area contributed by atoms with Gasteiger partial charge >= 0.3 is 0 Å². The first kappa shape index (κ1) is 21.3. The molecule has 3 aromatic carbocycles. The molecule has 2 aromatic heterocycles. The number of hydrogen-bond acceptors (Lipinski definition) is 4. The smallest absolute Gasteiger partial charge is 0.230 e. The van der Waals surface area contributed by atoms with E-state index in [4.69, 9.17) is 9.40 Å². The zero-order valence-corrected chi connectivity index (χ0v) is 19.0. The van der Waals surface area contributed by atoms with Gasteiger partial charge in [-0.15, -0.1) is 0 Å².